The van der Waals surface area contributed by atoms with Crippen molar-refractivity contribution in [2.24, 2.45) is 4.99 Å². The maximum Gasteiger partial charge on any atom is 0.191 e. The van der Waals surface area contributed by atoms with Crippen molar-refractivity contribution in [2.75, 3.05) is 31.6 Å². The number of rotatable bonds is 5. The van der Waals surface area contributed by atoms with Crippen LogP contribution in [0.2, 0.25) is 0 Å². The van der Waals surface area contributed by atoms with Gasteiger partial charge in [-0.2, -0.15) is 0 Å². The number of aliphatic imine (C=N–C) groups is 1. The van der Waals surface area contributed by atoms with Gasteiger partial charge in [0.25, 0.3) is 0 Å². The molecule has 5 nitrogen and oxygen atoms in total. The number of guanidine groups is 1. The summed E-state index contributed by atoms with van der Waals surface area (Å²) in [6.45, 7) is 2.88. The van der Waals surface area contributed by atoms with Gasteiger partial charge in [-0.05, 0) is 60.5 Å². The molecule has 0 bridgehead atoms. The Hall–Kier alpha value is -1.81. The number of hydrogen-bond donors (Lipinski definition) is 3. The first kappa shape index (κ1) is 21.9. The molecule has 3 N–H and O–H groups in total. The van der Waals surface area contributed by atoms with Gasteiger partial charge in [0.05, 0.1) is 5.00 Å². The van der Waals surface area contributed by atoms with E-state index in [1.807, 2.05) is 6.20 Å². The highest BCUT2D eigenvalue weighted by Crippen LogP contribution is 2.24. The van der Waals surface area contributed by atoms with Gasteiger partial charge in [-0.3, -0.25) is 4.99 Å². The second-order valence-electron chi connectivity index (χ2n) is 7.11. The molecule has 0 saturated carbocycles. The van der Waals surface area contributed by atoms with Gasteiger partial charge in [0.1, 0.15) is 5.82 Å². The summed E-state index contributed by atoms with van der Waals surface area (Å²) in [5, 5.41) is 11.4. The second-order valence-corrected chi connectivity index (χ2v) is 8.04. The molecular weight excluding hydrogens is 500 g/mol. The number of aromatic amines is 1. The third-order valence-electron chi connectivity index (χ3n) is 5.29. The van der Waals surface area contributed by atoms with Gasteiger partial charge in [0.15, 0.2) is 5.96 Å². The highest BCUT2D eigenvalue weighted by molar-refractivity contribution is 14.0. The summed E-state index contributed by atoms with van der Waals surface area (Å²) in [4.78, 5) is 10.0. The highest BCUT2D eigenvalue weighted by Gasteiger charge is 2.20. The average Bonchev–Trinajstić information content (AvgIpc) is 3.38. The number of piperidine rings is 1. The van der Waals surface area contributed by atoms with Gasteiger partial charge >= 0.3 is 0 Å². The number of benzene rings is 1. The van der Waals surface area contributed by atoms with Crippen molar-refractivity contribution in [3.8, 4) is 0 Å². The van der Waals surface area contributed by atoms with Crippen LogP contribution in [0.15, 0.2) is 46.9 Å². The van der Waals surface area contributed by atoms with Crippen molar-refractivity contribution < 1.29 is 4.39 Å². The number of aromatic nitrogens is 1. The molecule has 1 aliphatic rings. The van der Waals surface area contributed by atoms with Crippen LogP contribution < -0.4 is 15.5 Å². The van der Waals surface area contributed by atoms with Gasteiger partial charge < -0.3 is 20.5 Å². The quantitative estimate of drug-likeness (QED) is 0.263. The lowest BCUT2D eigenvalue weighted by Gasteiger charge is -2.33. The van der Waals surface area contributed by atoms with E-state index in [1.165, 1.54) is 11.1 Å². The monoisotopic (exact) mass is 527 g/mol. The molecule has 8 heteroatoms. The van der Waals surface area contributed by atoms with E-state index in [0.717, 1.165) is 61.3 Å². The number of nitrogens with one attached hydrogen (secondary N) is 3. The first-order chi connectivity index (χ1) is 13.7. The maximum absolute atomic E-state index is 13.5. The minimum Gasteiger partial charge on any atom is -0.363 e. The Morgan fingerprint density at radius 1 is 1.31 bits per heavy atom. The zero-order chi connectivity index (χ0) is 19.3. The Morgan fingerprint density at radius 3 is 2.86 bits per heavy atom. The lowest BCUT2D eigenvalue weighted by Crippen LogP contribution is -2.49. The molecule has 3 aromatic rings. The van der Waals surface area contributed by atoms with Crippen molar-refractivity contribution in [3.05, 3.63) is 53.3 Å². The fraction of sp³-hybridized carbons (Fsp3) is 0.381. The van der Waals surface area contributed by atoms with Crippen LogP contribution in [0.5, 0.6) is 0 Å². The number of hydrogen-bond acceptors (Lipinski definition) is 3. The van der Waals surface area contributed by atoms with Crippen molar-refractivity contribution in [1.82, 2.24) is 15.6 Å². The van der Waals surface area contributed by atoms with Crippen LogP contribution in [0, 0.1) is 5.82 Å². The number of H-pyrrole nitrogens is 1. The molecule has 0 aliphatic carbocycles. The Bertz CT molecular complexity index is 932. The van der Waals surface area contributed by atoms with Gasteiger partial charge in [0.2, 0.25) is 0 Å². The van der Waals surface area contributed by atoms with Crippen molar-refractivity contribution in [3.63, 3.8) is 0 Å². The third-order valence-corrected chi connectivity index (χ3v) is 6.22. The SMILES string of the molecule is CN=C(NCCc1c[nH]c2ccc(F)cc12)NC1CCN(c2cccs2)CC1.I. The molecule has 156 valence electrons. The van der Waals surface area contributed by atoms with Gasteiger partial charge in [-0.1, -0.05) is 0 Å². The standard InChI is InChI=1S/C21H26FN5S.HI/c1-23-21(26-17-7-10-27(11-8-17)20-3-2-12-28-20)24-9-6-15-14-25-19-5-4-16(22)13-18(15)19;/h2-5,12-14,17,25H,6-11H2,1H3,(H2,23,24,26);1H. The molecule has 0 atom stereocenters. The van der Waals surface area contributed by atoms with Crippen LogP contribution in [0.1, 0.15) is 18.4 Å². The van der Waals surface area contributed by atoms with E-state index in [9.17, 15) is 4.39 Å². The first-order valence-electron chi connectivity index (χ1n) is 9.74. The maximum atomic E-state index is 13.5. The lowest BCUT2D eigenvalue weighted by atomic mass is 10.1. The van der Waals surface area contributed by atoms with Gasteiger partial charge in [-0.25, -0.2) is 4.39 Å². The summed E-state index contributed by atoms with van der Waals surface area (Å²) in [5.74, 6) is 0.633. The molecule has 0 amide bonds. The fourth-order valence-electron chi connectivity index (χ4n) is 3.76. The first-order valence-corrected chi connectivity index (χ1v) is 10.6. The molecular formula is C21H27FIN5S. The number of halogens is 2. The molecule has 1 aliphatic heterocycles. The van der Waals surface area contributed by atoms with Crippen LogP contribution in [0.25, 0.3) is 10.9 Å². The van der Waals surface area contributed by atoms with Gasteiger partial charge in [0, 0.05) is 49.8 Å². The Balaban J connectivity index is 0.00000240. The summed E-state index contributed by atoms with van der Waals surface area (Å²) in [7, 11) is 1.80. The summed E-state index contributed by atoms with van der Waals surface area (Å²) in [6.07, 6.45) is 4.96. The van der Waals surface area contributed by atoms with Crippen molar-refractivity contribution >= 4 is 57.2 Å². The number of fused-ring (bicyclic) bond motifs is 1. The van der Waals surface area contributed by atoms with E-state index in [2.05, 4.69) is 43.0 Å². The molecule has 0 unspecified atom stereocenters. The average molecular weight is 527 g/mol. The van der Waals surface area contributed by atoms with E-state index in [0.29, 0.717) is 6.04 Å². The zero-order valence-corrected chi connectivity index (χ0v) is 19.6. The zero-order valence-electron chi connectivity index (χ0n) is 16.5. The molecule has 1 aromatic carbocycles. The summed E-state index contributed by atoms with van der Waals surface area (Å²) >= 11 is 1.80. The smallest absolute Gasteiger partial charge is 0.191 e. The summed E-state index contributed by atoms with van der Waals surface area (Å²) in [5.41, 5.74) is 2.08. The normalized spacial score (nSPS) is 15.4. The van der Waals surface area contributed by atoms with Crippen LogP contribution in [0.3, 0.4) is 0 Å². The lowest BCUT2D eigenvalue weighted by molar-refractivity contribution is 0.463. The second kappa shape index (κ2) is 10.3. The van der Waals surface area contributed by atoms with E-state index in [1.54, 1.807) is 30.5 Å². The predicted octanol–water partition coefficient (Wildman–Crippen LogP) is 4.36. The molecule has 29 heavy (non-hydrogen) atoms. The molecule has 0 radical (unpaired) electrons. The minimum atomic E-state index is -0.201. The van der Waals surface area contributed by atoms with E-state index >= 15 is 0 Å². The summed E-state index contributed by atoms with van der Waals surface area (Å²) in [6, 6.07) is 9.59. The third kappa shape index (κ3) is 5.42. The van der Waals surface area contributed by atoms with Gasteiger partial charge in [-0.15, -0.1) is 35.3 Å². The summed E-state index contributed by atoms with van der Waals surface area (Å²) < 4.78 is 13.5. The van der Waals surface area contributed by atoms with Crippen molar-refractivity contribution in [2.45, 2.75) is 25.3 Å². The van der Waals surface area contributed by atoms with Crippen LogP contribution in [0.4, 0.5) is 9.39 Å². The number of nitrogens with zero attached hydrogens (tertiary/aromatic N) is 2. The largest absolute Gasteiger partial charge is 0.363 e. The van der Waals surface area contributed by atoms with E-state index in [4.69, 9.17) is 0 Å². The number of thiophene rings is 1. The Morgan fingerprint density at radius 2 is 2.14 bits per heavy atom. The van der Waals surface area contributed by atoms with Crippen LogP contribution in [-0.4, -0.2) is 43.7 Å². The minimum absolute atomic E-state index is 0. The van der Waals surface area contributed by atoms with Crippen LogP contribution >= 0.6 is 35.3 Å². The van der Waals surface area contributed by atoms with Crippen molar-refractivity contribution in [1.29, 1.82) is 0 Å². The molecule has 3 heterocycles. The molecule has 1 fully saturated rings. The Kier molecular flexibility index (Phi) is 7.77. The Labute approximate surface area is 191 Å². The number of anilines is 1. The predicted molar refractivity (Wildman–Crippen MR) is 131 cm³/mol. The highest BCUT2D eigenvalue weighted by atomic mass is 127. The molecule has 4 rings (SSSR count). The molecule has 1 saturated heterocycles. The van der Waals surface area contributed by atoms with E-state index < -0.39 is 0 Å². The molecule has 2 aromatic heterocycles. The van der Waals surface area contributed by atoms with E-state index in [-0.39, 0.29) is 29.8 Å². The van der Waals surface area contributed by atoms with Crippen LogP contribution in [-0.2, 0) is 6.42 Å². The topological polar surface area (TPSA) is 55.5 Å². The molecule has 0 spiro atoms. The fourth-order valence-corrected chi connectivity index (χ4v) is 4.54.